The summed E-state index contributed by atoms with van der Waals surface area (Å²) in [7, 11) is 0. The maximum atomic E-state index is 5.52. The van der Waals surface area contributed by atoms with Gasteiger partial charge in [-0.05, 0) is 20.8 Å². The molecule has 17 heavy (non-hydrogen) atoms. The highest BCUT2D eigenvalue weighted by molar-refractivity contribution is 5.38. The highest BCUT2D eigenvalue weighted by Crippen LogP contribution is 2.23. The molecule has 0 bridgehead atoms. The minimum atomic E-state index is 0.0323. The number of hydrogen-bond donors (Lipinski definition) is 2. The summed E-state index contributed by atoms with van der Waals surface area (Å²) < 4.78 is 5.12. The fraction of sp³-hybridized carbons (Fsp3) is 0.364. The number of aromatic nitrogens is 3. The van der Waals surface area contributed by atoms with Gasteiger partial charge in [-0.2, -0.15) is 0 Å². The molecule has 0 fully saturated rings. The summed E-state index contributed by atoms with van der Waals surface area (Å²) in [5.41, 5.74) is 7.97. The summed E-state index contributed by atoms with van der Waals surface area (Å²) in [6.45, 7) is 5.80. The lowest BCUT2D eigenvalue weighted by Gasteiger charge is -2.13. The van der Waals surface area contributed by atoms with Crippen molar-refractivity contribution in [2.45, 2.75) is 26.8 Å². The molecule has 0 radical (unpaired) electrons. The van der Waals surface area contributed by atoms with Crippen molar-refractivity contribution in [1.29, 1.82) is 0 Å². The topological polar surface area (TPSA) is 89.9 Å². The molecular formula is C11H15N5O. The Morgan fingerprint density at radius 1 is 1.29 bits per heavy atom. The van der Waals surface area contributed by atoms with Gasteiger partial charge >= 0.3 is 0 Å². The molecule has 6 heteroatoms. The quantitative estimate of drug-likeness (QED) is 0.840. The standard InChI is InChI=1S/C11H15N5O/c1-6(10-7(2)16-17-8(10)3)15-11-13-4-9(12)5-14-11/h4-6H,12H2,1-3H3,(H,13,14,15). The van der Waals surface area contributed by atoms with E-state index in [0.29, 0.717) is 11.6 Å². The first-order valence-corrected chi connectivity index (χ1v) is 5.34. The molecule has 2 aromatic heterocycles. The number of nitrogen functional groups attached to an aromatic ring is 1. The van der Waals surface area contributed by atoms with E-state index in [1.807, 2.05) is 20.8 Å². The molecule has 2 heterocycles. The van der Waals surface area contributed by atoms with Crippen molar-refractivity contribution in [2.75, 3.05) is 11.1 Å². The van der Waals surface area contributed by atoms with Gasteiger partial charge in [0, 0.05) is 5.56 Å². The second-order valence-corrected chi connectivity index (χ2v) is 3.94. The van der Waals surface area contributed by atoms with Gasteiger partial charge in [-0.25, -0.2) is 9.97 Å². The largest absolute Gasteiger partial charge is 0.396 e. The first-order valence-electron chi connectivity index (χ1n) is 5.34. The van der Waals surface area contributed by atoms with Gasteiger partial charge in [0.05, 0.1) is 29.8 Å². The number of nitrogens with two attached hydrogens (primary N) is 1. The zero-order valence-electron chi connectivity index (χ0n) is 10.1. The molecule has 0 aliphatic rings. The van der Waals surface area contributed by atoms with Crippen LogP contribution in [0.2, 0.25) is 0 Å². The van der Waals surface area contributed by atoms with Crippen LogP contribution < -0.4 is 11.1 Å². The van der Waals surface area contributed by atoms with Crippen LogP contribution >= 0.6 is 0 Å². The van der Waals surface area contributed by atoms with Crippen molar-refractivity contribution in [3.05, 3.63) is 29.4 Å². The molecule has 0 amide bonds. The average molecular weight is 233 g/mol. The number of nitrogens with one attached hydrogen (secondary N) is 1. The lowest BCUT2D eigenvalue weighted by atomic mass is 10.1. The third-order valence-electron chi connectivity index (χ3n) is 2.54. The number of hydrogen-bond acceptors (Lipinski definition) is 6. The van der Waals surface area contributed by atoms with E-state index in [2.05, 4.69) is 20.4 Å². The number of rotatable bonds is 3. The zero-order valence-corrected chi connectivity index (χ0v) is 10.1. The summed E-state index contributed by atoms with van der Waals surface area (Å²) in [5.74, 6) is 1.34. The number of aryl methyl sites for hydroxylation is 2. The summed E-state index contributed by atoms with van der Waals surface area (Å²) in [5, 5.41) is 7.09. The zero-order chi connectivity index (χ0) is 12.4. The van der Waals surface area contributed by atoms with Crippen LogP contribution in [0.3, 0.4) is 0 Å². The Kier molecular flexibility index (Phi) is 2.95. The van der Waals surface area contributed by atoms with Crippen LogP contribution in [0.4, 0.5) is 11.6 Å². The van der Waals surface area contributed by atoms with E-state index in [4.69, 9.17) is 10.3 Å². The van der Waals surface area contributed by atoms with Crippen molar-refractivity contribution >= 4 is 11.6 Å². The van der Waals surface area contributed by atoms with E-state index in [-0.39, 0.29) is 6.04 Å². The van der Waals surface area contributed by atoms with Crippen LogP contribution in [-0.2, 0) is 0 Å². The molecule has 0 aliphatic heterocycles. The molecule has 6 nitrogen and oxygen atoms in total. The second-order valence-electron chi connectivity index (χ2n) is 3.94. The molecule has 90 valence electrons. The average Bonchev–Trinajstić information content (AvgIpc) is 2.62. The minimum absolute atomic E-state index is 0.0323. The summed E-state index contributed by atoms with van der Waals surface area (Å²) in [4.78, 5) is 8.18. The van der Waals surface area contributed by atoms with E-state index in [0.717, 1.165) is 17.0 Å². The Labute approximate surface area is 99.2 Å². The maximum Gasteiger partial charge on any atom is 0.223 e. The fourth-order valence-electron chi connectivity index (χ4n) is 1.79. The van der Waals surface area contributed by atoms with E-state index in [1.165, 1.54) is 0 Å². The van der Waals surface area contributed by atoms with Gasteiger partial charge in [-0.3, -0.25) is 0 Å². The van der Waals surface area contributed by atoms with Gasteiger partial charge in [0.2, 0.25) is 5.95 Å². The van der Waals surface area contributed by atoms with E-state index < -0.39 is 0 Å². The van der Waals surface area contributed by atoms with Crippen LogP contribution in [0.25, 0.3) is 0 Å². The SMILES string of the molecule is Cc1noc(C)c1C(C)Nc1ncc(N)cn1. The van der Waals surface area contributed by atoms with Crippen molar-refractivity contribution in [2.24, 2.45) is 0 Å². The van der Waals surface area contributed by atoms with Crippen LogP contribution in [0, 0.1) is 13.8 Å². The lowest BCUT2D eigenvalue weighted by Crippen LogP contribution is -2.10. The molecule has 1 atom stereocenters. The Morgan fingerprint density at radius 3 is 2.47 bits per heavy atom. The van der Waals surface area contributed by atoms with Crippen molar-refractivity contribution in [3.8, 4) is 0 Å². The van der Waals surface area contributed by atoms with Crippen LogP contribution in [0.5, 0.6) is 0 Å². The first-order chi connectivity index (χ1) is 8.08. The van der Waals surface area contributed by atoms with Crippen molar-refractivity contribution in [1.82, 2.24) is 15.1 Å². The molecule has 0 aromatic carbocycles. The monoisotopic (exact) mass is 233 g/mol. The smallest absolute Gasteiger partial charge is 0.223 e. The van der Waals surface area contributed by atoms with Crippen molar-refractivity contribution in [3.63, 3.8) is 0 Å². The van der Waals surface area contributed by atoms with Crippen LogP contribution in [0.15, 0.2) is 16.9 Å². The summed E-state index contributed by atoms with van der Waals surface area (Å²) >= 11 is 0. The van der Waals surface area contributed by atoms with Gasteiger partial charge in [0.1, 0.15) is 5.76 Å². The summed E-state index contributed by atoms with van der Waals surface area (Å²) in [6.07, 6.45) is 3.13. The maximum absolute atomic E-state index is 5.52. The molecular weight excluding hydrogens is 218 g/mol. The molecule has 0 saturated heterocycles. The van der Waals surface area contributed by atoms with Gasteiger partial charge in [-0.15, -0.1) is 0 Å². The Morgan fingerprint density at radius 2 is 1.94 bits per heavy atom. The van der Waals surface area contributed by atoms with E-state index in [1.54, 1.807) is 12.4 Å². The molecule has 0 spiro atoms. The van der Waals surface area contributed by atoms with E-state index in [9.17, 15) is 0 Å². The molecule has 0 aliphatic carbocycles. The third-order valence-corrected chi connectivity index (χ3v) is 2.54. The van der Waals surface area contributed by atoms with Gasteiger partial charge in [0.15, 0.2) is 0 Å². The fourth-order valence-corrected chi connectivity index (χ4v) is 1.79. The van der Waals surface area contributed by atoms with Gasteiger partial charge in [0.25, 0.3) is 0 Å². The highest BCUT2D eigenvalue weighted by Gasteiger charge is 2.16. The Balaban J connectivity index is 2.17. The third kappa shape index (κ3) is 2.35. The van der Waals surface area contributed by atoms with E-state index >= 15 is 0 Å². The predicted octanol–water partition coefficient (Wildman–Crippen LogP) is 1.84. The van der Waals surface area contributed by atoms with Gasteiger partial charge < -0.3 is 15.6 Å². The van der Waals surface area contributed by atoms with Crippen LogP contribution in [-0.4, -0.2) is 15.1 Å². The van der Waals surface area contributed by atoms with Crippen molar-refractivity contribution < 1.29 is 4.52 Å². The van der Waals surface area contributed by atoms with Gasteiger partial charge in [-0.1, -0.05) is 5.16 Å². The molecule has 0 saturated carbocycles. The number of nitrogens with zero attached hydrogens (tertiary/aromatic N) is 3. The predicted molar refractivity (Wildman–Crippen MR) is 64.5 cm³/mol. The first kappa shape index (κ1) is 11.4. The summed E-state index contributed by atoms with van der Waals surface area (Å²) in [6, 6.07) is 0.0323. The Hall–Kier alpha value is -2.11. The molecule has 3 N–H and O–H groups in total. The van der Waals surface area contributed by atoms with Crippen LogP contribution in [0.1, 0.15) is 30.0 Å². The number of anilines is 2. The molecule has 2 aromatic rings. The lowest BCUT2D eigenvalue weighted by molar-refractivity contribution is 0.392. The Bertz CT molecular complexity index is 486. The second kappa shape index (κ2) is 4.40. The highest BCUT2D eigenvalue weighted by atomic mass is 16.5. The molecule has 2 rings (SSSR count). The minimum Gasteiger partial charge on any atom is -0.396 e. The molecule has 1 unspecified atom stereocenters. The normalized spacial score (nSPS) is 12.4.